The monoisotopic (exact) mass is 445 g/mol. The standard InChI is InChI=1S/C23H28ClN3O2S/c1-2-3-10-22-26-15-18(27(22)16-17-7-4-5-9-20(17)24)11-12-25-21(23(28)29)14-19-8-6-13-30-19/h4-9,13,15,21,25H,2-3,10-12,14,16H2,1H3,(H,28,29)/t21-/m0/s1. The fraction of sp³-hybridized carbons (Fsp3) is 0.391. The number of carboxylic acid groups (broad SMARTS) is 1. The molecule has 30 heavy (non-hydrogen) atoms. The summed E-state index contributed by atoms with van der Waals surface area (Å²) in [6.45, 7) is 3.42. The fourth-order valence-corrected chi connectivity index (χ4v) is 4.38. The lowest BCUT2D eigenvalue weighted by atomic mass is 10.1. The number of carbonyl (C=O) groups is 1. The Morgan fingerprint density at radius 3 is 2.80 bits per heavy atom. The lowest BCUT2D eigenvalue weighted by molar-refractivity contribution is -0.139. The van der Waals surface area contributed by atoms with Crippen LogP contribution in [0.1, 0.15) is 41.7 Å². The Balaban J connectivity index is 1.69. The maximum absolute atomic E-state index is 11.6. The Morgan fingerprint density at radius 1 is 1.27 bits per heavy atom. The van der Waals surface area contributed by atoms with Gasteiger partial charge in [0.1, 0.15) is 11.9 Å². The molecule has 2 aromatic heterocycles. The van der Waals surface area contributed by atoms with Gasteiger partial charge in [-0.3, -0.25) is 4.79 Å². The number of benzene rings is 1. The van der Waals surface area contributed by atoms with E-state index < -0.39 is 12.0 Å². The highest BCUT2D eigenvalue weighted by Gasteiger charge is 2.18. The molecule has 0 radical (unpaired) electrons. The van der Waals surface area contributed by atoms with E-state index in [0.29, 0.717) is 25.9 Å². The topological polar surface area (TPSA) is 67.2 Å². The predicted molar refractivity (Wildman–Crippen MR) is 123 cm³/mol. The van der Waals surface area contributed by atoms with Gasteiger partial charge in [0.05, 0.1) is 6.54 Å². The van der Waals surface area contributed by atoms with E-state index in [1.54, 1.807) is 11.3 Å². The second kappa shape index (κ2) is 11.3. The van der Waals surface area contributed by atoms with Gasteiger partial charge in [-0.05, 0) is 29.5 Å². The van der Waals surface area contributed by atoms with Crippen LogP contribution in [-0.2, 0) is 30.6 Å². The third-order valence-electron chi connectivity index (χ3n) is 5.12. The van der Waals surface area contributed by atoms with Gasteiger partial charge in [0, 0.05) is 47.6 Å². The summed E-state index contributed by atoms with van der Waals surface area (Å²) in [6.07, 6.45) is 6.23. The molecule has 7 heteroatoms. The van der Waals surface area contributed by atoms with E-state index in [4.69, 9.17) is 11.6 Å². The van der Waals surface area contributed by atoms with Gasteiger partial charge in [0.2, 0.25) is 0 Å². The number of thiophene rings is 1. The molecule has 2 N–H and O–H groups in total. The zero-order chi connectivity index (χ0) is 21.3. The summed E-state index contributed by atoms with van der Waals surface area (Å²) in [5, 5.41) is 15.5. The Labute approximate surface area is 186 Å². The molecule has 0 amide bonds. The van der Waals surface area contributed by atoms with Crippen molar-refractivity contribution >= 4 is 28.9 Å². The summed E-state index contributed by atoms with van der Waals surface area (Å²) < 4.78 is 2.23. The van der Waals surface area contributed by atoms with Gasteiger partial charge in [0.25, 0.3) is 0 Å². The van der Waals surface area contributed by atoms with Crippen molar-refractivity contribution in [2.45, 2.75) is 51.6 Å². The number of hydrogen-bond donors (Lipinski definition) is 2. The molecule has 0 spiro atoms. The minimum absolute atomic E-state index is 0.494. The van der Waals surface area contributed by atoms with Crippen molar-refractivity contribution in [3.8, 4) is 0 Å². The van der Waals surface area contributed by atoms with Gasteiger partial charge in [-0.1, -0.05) is 49.2 Å². The average Bonchev–Trinajstić information content (AvgIpc) is 3.37. The van der Waals surface area contributed by atoms with E-state index in [2.05, 4.69) is 21.8 Å². The Hall–Kier alpha value is -2.15. The summed E-state index contributed by atoms with van der Waals surface area (Å²) in [5.74, 6) is 0.233. The van der Waals surface area contributed by atoms with E-state index in [1.807, 2.05) is 48.0 Å². The zero-order valence-corrected chi connectivity index (χ0v) is 18.8. The van der Waals surface area contributed by atoms with Gasteiger partial charge in [0.15, 0.2) is 0 Å². The molecule has 1 atom stereocenters. The van der Waals surface area contributed by atoms with Crippen molar-refractivity contribution in [1.82, 2.24) is 14.9 Å². The summed E-state index contributed by atoms with van der Waals surface area (Å²) >= 11 is 7.97. The number of rotatable bonds is 12. The zero-order valence-electron chi connectivity index (χ0n) is 17.2. The fourth-order valence-electron chi connectivity index (χ4n) is 3.43. The van der Waals surface area contributed by atoms with Gasteiger partial charge in [-0.15, -0.1) is 11.3 Å². The van der Waals surface area contributed by atoms with Crippen molar-refractivity contribution in [2.24, 2.45) is 0 Å². The van der Waals surface area contributed by atoms with E-state index >= 15 is 0 Å². The van der Waals surface area contributed by atoms with E-state index in [-0.39, 0.29) is 0 Å². The molecule has 0 fully saturated rings. The third kappa shape index (κ3) is 6.17. The third-order valence-corrected chi connectivity index (χ3v) is 6.38. The highest BCUT2D eigenvalue weighted by molar-refractivity contribution is 7.09. The van der Waals surface area contributed by atoms with Gasteiger partial charge in [-0.2, -0.15) is 0 Å². The summed E-state index contributed by atoms with van der Waals surface area (Å²) in [4.78, 5) is 17.4. The molecule has 0 saturated carbocycles. The Bertz CT molecular complexity index is 940. The van der Waals surface area contributed by atoms with Crippen molar-refractivity contribution < 1.29 is 9.90 Å². The second-order valence-corrected chi connectivity index (χ2v) is 8.76. The van der Waals surface area contributed by atoms with Crippen LogP contribution in [0.15, 0.2) is 48.0 Å². The maximum atomic E-state index is 11.6. The van der Waals surface area contributed by atoms with Gasteiger partial charge in [-0.25, -0.2) is 4.98 Å². The molecule has 1 aromatic carbocycles. The first kappa shape index (κ1) is 22.5. The number of carboxylic acids is 1. The van der Waals surface area contributed by atoms with Crippen molar-refractivity contribution in [1.29, 1.82) is 0 Å². The van der Waals surface area contributed by atoms with Crippen LogP contribution in [0.4, 0.5) is 0 Å². The molecule has 0 saturated heterocycles. The molecule has 0 unspecified atom stereocenters. The summed E-state index contributed by atoms with van der Waals surface area (Å²) in [6, 6.07) is 11.2. The molecule has 5 nitrogen and oxygen atoms in total. The Morgan fingerprint density at radius 2 is 2.10 bits per heavy atom. The van der Waals surface area contributed by atoms with Gasteiger partial charge < -0.3 is 15.0 Å². The normalized spacial score (nSPS) is 12.2. The minimum Gasteiger partial charge on any atom is -0.480 e. The molecule has 2 heterocycles. The molecular weight excluding hydrogens is 418 g/mol. The number of halogens is 1. The van der Waals surface area contributed by atoms with Crippen LogP contribution in [0.25, 0.3) is 0 Å². The first-order valence-corrected chi connectivity index (χ1v) is 11.6. The highest BCUT2D eigenvalue weighted by atomic mass is 35.5. The maximum Gasteiger partial charge on any atom is 0.321 e. The lowest BCUT2D eigenvalue weighted by Crippen LogP contribution is -2.39. The Kier molecular flexibility index (Phi) is 8.49. The van der Waals surface area contributed by atoms with Crippen molar-refractivity contribution in [3.63, 3.8) is 0 Å². The number of nitrogens with one attached hydrogen (secondary N) is 1. The first-order chi connectivity index (χ1) is 14.6. The molecule has 160 valence electrons. The molecule has 3 rings (SSSR count). The number of nitrogens with zero attached hydrogens (tertiary/aromatic N) is 2. The van der Waals surface area contributed by atoms with E-state index in [0.717, 1.165) is 46.2 Å². The second-order valence-electron chi connectivity index (χ2n) is 7.33. The van der Waals surface area contributed by atoms with Crippen molar-refractivity contribution in [2.75, 3.05) is 6.54 Å². The number of aliphatic carboxylic acids is 1. The minimum atomic E-state index is -0.823. The van der Waals surface area contributed by atoms with Crippen molar-refractivity contribution in [3.05, 3.63) is 75.0 Å². The first-order valence-electron chi connectivity index (χ1n) is 10.3. The lowest BCUT2D eigenvalue weighted by Gasteiger charge is -2.16. The molecule has 0 aliphatic heterocycles. The number of unbranched alkanes of at least 4 members (excludes halogenated alkanes) is 1. The van der Waals surface area contributed by atoms with Crippen LogP contribution >= 0.6 is 22.9 Å². The molecule has 0 aliphatic rings. The van der Waals surface area contributed by atoms with Crippen LogP contribution in [0, 0.1) is 0 Å². The summed E-state index contributed by atoms with van der Waals surface area (Å²) in [5.41, 5.74) is 2.15. The molecule has 0 bridgehead atoms. The van der Waals surface area contributed by atoms with Crippen LogP contribution in [0.2, 0.25) is 5.02 Å². The molecule has 3 aromatic rings. The largest absolute Gasteiger partial charge is 0.480 e. The predicted octanol–water partition coefficient (Wildman–Crippen LogP) is 4.82. The number of aryl methyl sites for hydroxylation is 1. The average molecular weight is 446 g/mol. The van der Waals surface area contributed by atoms with Crippen LogP contribution < -0.4 is 5.32 Å². The summed E-state index contributed by atoms with van der Waals surface area (Å²) in [7, 11) is 0. The highest BCUT2D eigenvalue weighted by Crippen LogP contribution is 2.19. The quantitative estimate of drug-likeness (QED) is 0.419. The SMILES string of the molecule is CCCCc1ncc(CCN[C@@H](Cc2cccs2)C(=O)O)n1Cc1ccccc1Cl. The molecular formula is C23H28ClN3O2S. The number of imidazole rings is 1. The smallest absolute Gasteiger partial charge is 0.321 e. The van der Waals surface area contributed by atoms with Crippen LogP contribution in [0.5, 0.6) is 0 Å². The number of aromatic nitrogens is 2. The van der Waals surface area contributed by atoms with Crippen LogP contribution in [-0.4, -0.2) is 33.2 Å². The van der Waals surface area contributed by atoms with Gasteiger partial charge >= 0.3 is 5.97 Å². The molecule has 0 aliphatic carbocycles. The van der Waals surface area contributed by atoms with E-state index in [1.165, 1.54) is 0 Å². The van der Waals surface area contributed by atoms with E-state index in [9.17, 15) is 9.90 Å². The van der Waals surface area contributed by atoms with Crippen LogP contribution in [0.3, 0.4) is 0 Å². The number of hydrogen-bond acceptors (Lipinski definition) is 4.